The first kappa shape index (κ1) is 32.4. The summed E-state index contributed by atoms with van der Waals surface area (Å²) < 4.78 is 28.3. The van der Waals surface area contributed by atoms with Gasteiger partial charge in [-0.2, -0.15) is 0 Å². The molecule has 3 aliphatic rings. The fourth-order valence-electron chi connectivity index (χ4n) is 6.14. The van der Waals surface area contributed by atoms with Gasteiger partial charge in [0, 0.05) is 49.3 Å². The van der Waals surface area contributed by atoms with Gasteiger partial charge < -0.3 is 38.8 Å². The Hall–Kier alpha value is -4.02. The molecule has 0 bridgehead atoms. The van der Waals surface area contributed by atoms with Gasteiger partial charge in [-0.15, -0.1) is 0 Å². The minimum Gasteiger partial charge on any atom is -0.496 e. The lowest BCUT2D eigenvalue weighted by atomic mass is 9.92. The summed E-state index contributed by atoms with van der Waals surface area (Å²) in [5, 5.41) is 3.25. The number of fused-ring (bicyclic) bond motifs is 1. The predicted molar refractivity (Wildman–Crippen MR) is 171 cm³/mol. The molecule has 2 aromatic rings. The molecule has 2 heterocycles. The van der Waals surface area contributed by atoms with E-state index in [0.29, 0.717) is 52.5 Å². The van der Waals surface area contributed by atoms with Gasteiger partial charge in [0.2, 0.25) is 5.91 Å². The summed E-state index contributed by atoms with van der Waals surface area (Å²) in [5.74, 6) is 2.33. The standard InChI is InChI=1S/C35H45N3O7/c1-25-19-29(44-18-6-17-43-23-27-7-4-5-8-33(27)41-2)11-12-31(25)38-28(21-36-22-34(38)39)24-45-30-10-9-26-13-15-37(32(26)20-30)16-14-35(40)42-3/h4-5,7-12,19-20,25,28,31,36H,6,13-18,21-24H2,1-3H3/t25?,28-,31?/m1/s1. The fourth-order valence-corrected chi connectivity index (χ4v) is 6.14. The number of anilines is 1. The lowest BCUT2D eigenvalue weighted by Crippen LogP contribution is -2.61. The molecule has 5 rings (SSSR count). The Labute approximate surface area is 265 Å². The number of benzene rings is 2. The van der Waals surface area contributed by atoms with Crippen LogP contribution >= 0.6 is 0 Å². The number of carbonyl (C=O) groups is 2. The van der Waals surface area contributed by atoms with Crippen molar-refractivity contribution in [3.8, 4) is 11.5 Å². The normalized spacial score (nSPS) is 20.9. The number of nitrogens with zero attached hydrogens (tertiary/aromatic N) is 2. The highest BCUT2D eigenvalue weighted by Crippen LogP contribution is 2.32. The van der Waals surface area contributed by atoms with E-state index in [4.69, 9.17) is 23.7 Å². The maximum atomic E-state index is 13.2. The summed E-state index contributed by atoms with van der Waals surface area (Å²) in [6, 6.07) is 13.8. The SMILES string of the molecule is COC(=O)CCN1CCc2ccc(OC[C@H]3CNCC(=O)N3C3C=CC(OCCCOCc4ccccc4OC)=CC3C)cc21. The quantitative estimate of drug-likeness (QED) is 0.235. The van der Waals surface area contributed by atoms with Crippen molar-refractivity contribution >= 4 is 17.6 Å². The lowest BCUT2D eigenvalue weighted by molar-refractivity contribution is -0.140. The fraction of sp³-hybridized carbons (Fsp3) is 0.486. The highest BCUT2D eigenvalue weighted by Gasteiger charge is 2.36. The summed E-state index contributed by atoms with van der Waals surface area (Å²) in [6.07, 6.45) is 8.18. The van der Waals surface area contributed by atoms with Crippen LogP contribution in [0.3, 0.4) is 0 Å². The second-order valence-electron chi connectivity index (χ2n) is 11.6. The summed E-state index contributed by atoms with van der Waals surface area (Å²) in [4.78, 5) is 29.0. The van der Waals surface area contributed by atoms with E-state index in [1.165, 1.54) is 12.7 Å². The molecule has 2 aromatic carbocycles. The van der Waals surface area contributed by atoms with E-state index >= 15 is 0 Å². The van der Waals surface area contributed by atoms with Crippen molar-refractivity contribution in [3.63, 3.8) is 0 Å². The molecule has 45 heavy (non-hydrogen) atoms. The number of rotatable bonds is 15. The first-order valence-corrected chi connectivity index (χ1v) is 15.8. The molecule has 242 valence electrons. The molecule has 1 aliphatic carbocycles. The number of ether oxygens (including phenoxy) is 5. The van der Waals surface area contributed by atoms with Crippen LogP contribution in [0, 0.1) is 5.92 Å². The molecule has 1 N–H and O–H groups in total. The van der Waals surface area contributed by atoms with Gasteiger partial charge in [0.15, 0.2) is 0 Å². The van der Waals surface area contributed by atoms with Crippen molar-refractivity contribution in [2.45, 2.75) is 44.9 Å². The number of piperazine rings is 1. The lowest BCUT2D eigenvalue weighted by Gasteiger charge is -2.42. The molecule has 2 unspecified atom stereocenters. The van der Waals surface area contributed by atoms with Crippen LogP contribution in [-0.4, -0.2) is 89.1 Å². The van der Waals surface area contributed by atoms with Gasteiger partial charge in [-0.25, -0.2) is 0 Å². The van der Waals surface area contributed by atoms with Gasteiger partial charge in [-0.05, 0) is 36.3 Å². The predicted octanol–water partition coefficient (Wildman–Crippen LogP) is 3.88. The van der Waals surface area contributed by atoms with E-state index in [1.807, 2.05) is 47.4 Å². The third-order valence-electron chi connectivity index (χ3n) is 8.54. The Balaban J connectivity index is 1.10. The van der Waals surface area contributed by atoms with Crippen LogP contribution in [0.5, 0.6) is 11.5 Å². The Kier molecular flexibility index (Phi) is 11.4. The van der Waals surface area contributed by atoms with Crippen LogP contribution in [0.4, 0.5) is 5.69 Å². The monoisotopic (exact) mass is 619 g/mol. The van der Waals surface area contributed by atoms with Crippen LogP contribution in [0.15, 0.2) is 66.5 Å². The third kappa shape index (κ3) is 8.38. The number of amides is 1. The number of carbonyl (C=O) groups excluding carboxylic acids is 2. The maximum absolute atomic E-state index is 13.2. The van der Waals surface area contributed by atoms with E-state index in [9.17, 15) is 9.59 Å². The molecule has 10 nitrogen and oxygen atoms in total. The molecular formula is C35H45N3O7. The van der Waals surface area contributed by atoms with Crippen LogP contribution in [0.25, 0.3) is 0 Å². The zero-order chi connectivity index (χ0) is 31.6. The van der Waals surface area contributed by atoms with Gasteiger partial charge in [-0.1, -0.05) is 37.3 Å². The number of esters is 1. The van der Waals surface area contributed by atoms with E-state index in [0.717, 1.165) is 47.9 Å². The summed E-state index contributed by atoms with van der Waals surface area (Å²) in [7, 11) is 3.08. The maximum Gasteiger partial charge on any atom is 0.307 e. The van der Waals surface area contributed by atoms with Crippen LogP contribution in [0.2, 0.25) is 0 Å². The number of hydrogen-bond acceptors (Lipinski definition) is 9. The molecule has 1 fully saturated rings. The molecule has 0 aromatic heterocycles. The molecule has 1 amide bonds. The van der Waals surface area contributed by atoms with E-state index in [1.54, 1.807) is 7.11 Å². The Morgan fingerprint density at radius 1 is 1.09 bits per heavy atom. The van der Waals surface area contributed by atoms with Crippen molar-refractivity contribution < 1.29 is 33.3 Å². The number of nitrogens with one attached hydrogen (secondary N) is 1. The van der Waals surface area contributed by atoms with Gasteiger partial charge >= 0.3 is 5.97 Å². The largest absolute Gasteiger partial charge is 0.496 e. The number of hydrogen-bond donors (Lipinski definition) is 1. The van der Waals surface area contributed by atoms with Crippen molar-refractivity contribution in [2.24, 2.45) is 5.92 Å². The number of methoxy groups -OCH3 is 2. The van der Waals surface area contributed by atoms with Crippen LogP contribution < -0.4 is 19.7 Å². The topological polar surface area (TPSA) is 98.8 Å². The van der Waals surface area contributed by atoms with Gasteiger partial charge in [0.25, 0.3) is 0 Å². The summed E-state index contributed by atoms with van der Waals surface area (Å²) >= 11 is 0. The molecule has 0 radical (unpaired) electrons. The second-order valence-corrected chi connectivity index (χ2v) is 11.6. The Morgan fingerprint density at radius 3 is 2.78 bits per heavy atom. The summed E-state index contributed by atoms with van der Waals surface area (Å²) in [5.41, 5.74) is 3.36. The third-order valence-corrected chi connectivity index (χ3v) is 8.54. The molecule has 0 saturated carbocycles. The first-order chi connectivity index (χ1) is 22.0. The van der Waals surface area contributed by atoms with Crippen molar-refractivity contribution in [1.82, 2.24) is 10.2 Å². The second kappa shape index (κ2) is 15.8. The van der Waals surface area contributed by atoms with Crippen molar-refractivity contribution in [2.75, 3.05) is 65.1 Å². The molecule has 3 atom stereocenters. The minimum atomic E-state index is -0.212. The molecule has 10 heteroatoms. The van der Waals surface area contributed by atoms with Gasteiger partial charge in [0.05, 0.1) is 59.1 Å². The first-order valence-electron chi connectivity index (χ1n) is 15.8. The van der Waals surface area contributed by atoms with Crippen molar-refractivity contribution in [1.29, 1.82) is 0 Å². The number of para-hydroxylation sites is 1. The van der Waals surface area contributed by atoms with E-state index in [2.05, 4.69) is 35.4 Å². The van der Waals surface area contributed by atoms with E-state index < -0.39 is 0 Å². The van der Waals surface area contributed by atoms with Crippen LogP contribution in [-0.2, 0) is 36.8 Å². The van der Waals surface area contributed by atoms with Gasteiger partial charge in [0.1, 0.15) is 23.9 Å². The Bertz CT molecular complexity index is 1380. The number of allylic oxidation sites excluding steroid dienone is 1. The smallest absolute Gasteiger partial charge is 0.307 e. The molecular weight excluding hydrogens is 574 g/mol. The minimum absolute atomic E-state index is 0.0595. The molecule has 2 aliphatic heterocycles. The zero-order valence-electron chi connectivity index (χ0n) is 26.5. The Morgan fingerprint density at radius 2 is 1.96 bits per heavy atom. The molecule has 0 spiro atoms. The highest BCUT2D eigenvalue weighted by molar-refractivity contribution is 5.80. The van der Waals surface area contributed by atoms with Crippen LogP contribution in [0.1, 0.15) is 30.9 Å². The summed E-state index contributed by atoms with van der Waals surface area (Å²) in [6.45, 7) is 6.56. The average molecular weight is 620 g/mol. The zero-order valence-corrected chi connectivity index (χ0v) is 26.5. The molecule has 1 saturated heterocycles. The van der Waals surface area contributed by atoms with Crippen molar-refractivity contribution in [3.05, 3.63) is 77.6 Å². The van der Waals surface area contributed by atoms with Gasteiger partial charge in [-0.3, -0.25) is 9.59 Å². The van der Waals surface area contributed by atoms with E-state index in [-0.39, 0.29) is 29.9 Å². The highest BCUT2D eigenvalue weighted by atomic mass is 16.5. The average Bonchev–Trinajstić information content (AvgIpc) is 3.47.